The number of nitrogens with two attached hydrogens (primary N) is 1. The van der Waals surface area contributed by atoms with Crippen LogP contribution in [0.25, 0.3) is 0 Å². The SMILES string of the molecule is COC[C@@H](NC(=O)[C@H](NC(=O)[C@@H](N)CC(=O)O)C(C)C)C(C)C. The molecule has 3 atom stereocenters. The van der Waals surface area contributed by atoms with E-state index in [1.54, 1.807) is 21.0 Å². The molecule has 134 valence electrons. The molecule has 0 aromatic rings. The quantitative estimate of drug-likeness (QED) is 0.435. The number of methoxy groups -OCH3 is 1. The minimum atomic E-state index is -1.19. The zero-order chi connectivity index (χ0) is 18.2. The van der Waals surface area contributed by atoms with Gasteiger partial charge in [0, 0.05) is 7.11 Å². The van der Waals surface area contributed by atoms with Gasteiger partial charge in [-0.25, -0.2) is 0 Å². The number of hydrogen-bond donors (Lipinski definition) is 4. The summed E-state index contributed by atoms with van der Waals surface area (Å²) in [6, 6.07) is -2.17. The molecule has 0 spiro atoms. The highest BCUT2D eigenvalue weighted by molar-refractivity contribution is 5.91. The normalized spacial score (nSPS) is 15.1. The van der Waals surface area contributed by atoms with Gasteiger partial charge in [0.25, 0.3) is 0 Å². The van der Waals surface area contributed by atoms with E-state index >= 15 is 0 Å². The summed E-state index contributed by atoms with van der Waals surface area (Å²) in [5, 5.41) is 14.0. The van der Waals surface area contributed by atoms with Crippen LogP contribution in [0.1, 0.15) is 34.1 Å². The highest BCUT2D eigenvalue weighted by Crippen LogP contribution is 2.07. The van der Waals surface area contributed by atoms with Crippen molar-refractivity contribution < 1.29 is 24.2 Å². The molecule has 0 aliphatic carbocycles. The molecule has 0 aliphatic heterocycles. The first-order valence-electron chi connectivity index (χ1n) is 7.67. The van der Waals surface area contributed by atoms with Crippen LogP contribution >= 0.6 is 0 Å². The zero-order valence-electron chi connectivity index (χ0n) is 14.5. The third-order valence-corrected chi connectivity index (χ3v) is 3.46. The van der Waals surface area contributed by atoms with Crippen molar-refractivity contribution in [2.45, 2.75) is 52.2 Å². The second kappa shape index (κ2) is 10.2. The second-order valence-electron chi connectivity index (χ2n) is 6.25. The summed E-state index contributed by atoms with van der Waals surface area (Å²) in [5.41, 5.74) is 5.52. The minimum absolute atomic E-state index is 0.164. The van der Waals surface area contributed by atoms with Crippen LogP contribution in [0.15, 0.2) is 0 Å². The number of nitrogens with one attached hydrogen (secondary N) is 2. The van der Waals surface area contributed by atoms with Crippen LogP contribution in [-0.2, 0) is 19.1 Å². The Hall–Kier alpha value is -1.67. The molecular formula is C15H29N3O5. The molecule has 0 radical (unpaired) electrons. The van der Waals surface area contributed by atoms with Crippen LogP contribution in [-0.4, -0.2) is 54.7 Å². The Labute approximate surface area is 137 Å². The number of ether oxygens (including phenoxy) is 1. The molecular weight excluding hydrogens is 302 g/mol. The Morgan fingerprint density at radius 2 is 1.61 bits per heavy atom. The molecule has 0 heterocycles. The highest BCUT2D eigenvalue weighted by atomic mass is 16.5. The first-order chi connectivity index (χ1) is 10.6. The number of hydrogen-bond acceptors (Lipinski definition) is 5. The molecule has 0 fully saturated rings. The van der Waals surface area contributed by atoms with Gasteiger partial charge in [-0.3, -0.25) is 14.4 Å². The lowest BCUT2D eigenvalue weighted by Crippen LogP contribution is -2.56. The van der Waals surface area contributed by atoms with Crippen LogP contribution in [0.5, 0.6) is 0 Å². The standard InChI is InChI=1S/C15H29N3O5/c1-8(2)11(7-23-5)17-15(22)13(9(3)4)18-14(21)10(16)6-12(19)20/h8-11,13H,6-7,16H2,1-5H3,(H,17,22)(H,18,21)(H,19,20)/t10-,11+,13+/m0/s1. The van der Waals surface area contributed by atoms with Gasteiger partial charge in [-0.2, -0.15) is 0 Å². The summed E-state index contributed by atoms with van der Waals surface area (Å²) in [6.45, 7) is 7.84. The van der Waals surface area contributed by atoms with E-state index < -0.39 is 30.4 Å². The number of amides is 2. The van der Waals surface area contributed by atoms with E-state index in [1.165, 1.54) is 0 Å². The number of aliphatic carboxylic acids is 1. The van der Waals surface area contributed by atoms with Crippen molar-refractivity contribution in [2.24, 2.45) is 17.6 Å². The lowest BCUT2D eigenvalue weighted by molar-refractivity contribution is -0.139. The molecule has 0 aromatic heterocycles. The molecule has 8 heteroatoms. The Bertz CT molecular complexity index is 412. The molecule has 0 unspecified atom stereocenters. The predicted molar refractivity (Wildman–Crippen MR) is 85.6 cm³/mol. The summed E-state index contributed by atoms with van der Waals surface area (Å²) < 4.78 is 5.08. The van der Waals surface area contributed by atoms with Gasteiger partial charge in [0.15, 0.2) is 0 Å². The smallest absolute Gasteiger partial charge is 0.305 e. The Morgan fingerprint density at radius 3 is 2.00 bits per heavy atom. The predicted octanol–water partition coefficient (Wildman–Crippen LogP) is -0.284. The average Bonchev–Trinajstić information content (AvgIpc) is 2.42. The van der Waals surface area contributed by atoms with E-state index in [4.69, 9.17) is 15.6 Å². The zero-order valence-corrected chi connectivity index (χ0v) is 14.5. The third kappa shape index (κ3) is 7.94. The first-order valence-corrected chi connectivity index (χ1v) is 7.67. The number of carbonyl (C=O) groups is 3. The highest BCUT2D eigenvalue weighted by Gasteiger charge is 2.29. The van der Waals surface area contributed by atoms with E-state index in [0.717, 1.165) is 0 Å². The number of carboxylic acids is 1. The maximum atomic E-state index is 12.4. The first kappa shape index (κ1) is 21.3. The molecule has 0 rings (SSSR count). The number of carboxylic acid groups (broad SMARTS) is 1. The van der Waals surface area contributed by atoms with Crippen molar-refractivity contribution in [1.82, 2.24) is 10.6 Å². The van der Waals surface area contributed by atoms with Gasteiger partial charge in [-0.05, 0) is 11.8 Å². The molecule has 8 nitrogen and oxygen atoms in total. The Morgan fingerprint density at radius 1 is 1.04 bits per heavy atom. The molecule has 0 saturated heterocycles. The van der Waals surface area contributed by atoms with Gasteiger partial charge >= 0.3 is 5.97 Å². The van der Waals surface area contributed by atoms with Crippen LogP contribution in [0.3, 0.4) is 0 Å². The fourth-order valence-electron chi connectivity index (χ4n) is 1.93. The fourth-order valence-corrected chi connectivity index (χ4v) is 1.93. The van der Waals surface area contributed by atoms with E-state index in [-0.39, 0.29) is 23.8 Å². The van der Waals surface area contributed by atoms with Gasteiger partial charge in [-0.15, -0.1) is 0 Å². The molecule has 0 bridgehead atoms. The average molecular weight is 331 g/mol. The minimum Gasteiger partial charge on any atom is -0.481 e. The Kier molecular flexibility index (Phi) is 9.43. The second-order valence-corrected chi connectivity index (χ2v) is 6.25. The van der Waals surface area contributed by atoms with E-state index in [0.29, 0.717) is 6.61 Å². The topological polar surface area (TPSA) is 131 Å². The van der Waals surface area contributed by atoms with Crippen molar-refractivity contribution in [3.63, 3.8) is 0 Å². The van der Waals surface area contributed by atoms with Crippen LogP contribution in [0, 0.1) is 11.8 Å². The van der Waals surface area contributed by atoms with Crippen LogP contribution in [0.2, 0.25) is 0 Å². The van der Waals surface area contributed by atoms with Gasteiger partial charge in [0.05, 0.1) is 25.1 Å². The summed E-state index contributed by atoms with van der Waals surface area (Å²) in [5.74, 6) is -2.18. The maximum absolute atomic E-state index is 12.4. The number of carbonyl (C=O) groups excluding carboxylic acids is 2. The summed E-state index contributed by atoms with van der Waals surface area (Å²) in [6.07, 6.45) is -0.490. The lowest BCUT2D eigenvalue weighted by Gasteiger charge is -2.27. The van der Waals surface area contributed by atoms with Crippen molar-refractivity contribution in [2.75, 3.05) is 13.7 Å². The molecule has 0 saturated carbocycles. The molecule has 2 amide bonds. The van der Waals surface area contributed by atoms with E-state index in [9.17, 15) is 14.4 Å². The van der Waals surface area contributed by atoms with Crippen molar-refractivity contribution >= 4 is 17.8 Å². The van der Waals surface area contributed by atoms with Crippen molar-refractivity contribution in [3.05, 3.63) is 0 Å². The van der Waals surface area contributed by atoms with Gasteiger partial charge in [-0.1, -0.05) is 27.7 Å². The van der Waals surface area contributed by atoms with Crippen molar-refractivity contribution in [1.29, 1.82) is 0 Å². The van der Waals surface area contributed by atoms with Crippen LogP contribution in [0.4, 0.5) is 0 Å². The number of rotatable bonds is 10. The third-order valence-electron chi connectivity index (χ3n) is 3.46. The summed E-state index contributed by atoms with van der Waals surface area (Å²) >= 11 is 0. The van der Waals surface area contributed by atoms with Crippen LogP contribution < -0.4 is 16.4 Å². The maximum Gasteiger partial charge on any atom is 0.305 e. The molecule has 5 N–H and O–H groups in total. The monoisotopic (exact) mass is 331 g/mol. The lowest BCUT2D eigenvalue weighted by atomic mass is 10.00. The van der Waals surface area contributed by atoms with Gasteiger partial charge in [0.1, 0.15) is 6.04 Å². The molecule has 0 aliphatic rings. The molecule has 0 aromatic carbocycles. The van der Waals surface area contributed by atoms with E-state index in [1.807, 2.05) is 13.8 Å². The van der Waals surface area contributed by atoms with Crippen molar-refractivity contribution in [3.8, 4) is 0 Å². The summed E-state index contributed by atoms with van der Waals surface area (Å²) in [7, 11) is 1.55. The Balaban J connectivity index is 4.86. The largest absolute Gasteiger partial charge is 0.481 e. The molecule has 23 heavy (non-hydrogen) atoms. The van der Waals surface area contributed by atoms with Gasteiger partial charge < -0.3 is 26.2 Å². The fraction of sp³-hybridized carbons (Fsp3) is 0.800. The van der Waals surface area contributed by atoms with E-state index in [2.05, 4.69) is 10.6 Å². The summed E-state index contributed by atoms with van der Waals surface area (Å²) in [4.78, 5) is 35.0. The van der Waals surface area contributed by atoms with Gasteiger partial charge in [0.2, 0.25) is 11.8 Å².